The van der Waals surface area contributed by atoms with Gasteiger partial charge in [-0.25, -0.2) is 0 Å². The van der Waals surface area contributed by atoms with Gasteiger partial charge in [0.15, 0.2) is 0 Å². The molecule has 0 saturated carbocycles. The molecule has 0 amide bonds. The van der Waals surface area contributed by atoms with Crippen molar-refractivity contribution in [3.63, 3.8) is 0 Å². The fourth-order valence-corrected chi connectivity index (χ4v) is 2.54. The highest BCUT2D eigenvalue weighted by molar-refractivity contribution is 5.85. The molecule has 1 aliphatic heterocycles. The summed E-state index contributed by atoms with van der Waals surface area (Å²) in [4.78, 5) is 7.43. The molecule has 132 valence electrons. The quantitative estimate of drug-likeness (QED) is 0.442. The molecule has 0 bridgehead atoms. The van der Waals surface area contributed by atoms with E-state index >= 15 is 0 Å². The lowest BCUT2D eigenvalue weighted by Gasteiger charge is -2.27. The molecule has 5 nitrogen and oxygen atoms in total. The largest absolute Gasteiger partial charge is 0.392 e. The molecule has 7 heteroatoms. The third-order valence-corrected chi connectivity index (χ3v) is 3.59. The first kappa shape index (κ1) is 22.0. The first-order valence-electron chi connectivity index (χ1n) is 7.62. The van der Waals surface area contributed by atoms with E-state index in [1.54, 1.807) is 0 Å². The highest BCUT2D eigenvalue weighted by Gasteiger charge is 2.14. The monoisotopic (exact) mass is 363 g/mol. The Morgan fingerprint density at radius 2 is 1.83 bits per heavy atom. The van der Waals surface area contributed by atoms with E-state index in [1.165, 1.54) is 19.3 Å². The lowest BCUT2D eigenvalue weighted by molar-refractivity contribution is 0.0155. The lowest BCUT2D eigenvalue weighted by atomic mass is 10.1. The van der Waals surface area contributed by atoms with Gasteiger partial charge in [0.25, 0.3) is 0 Å². The van der Waals surface area contributed by atoms with Crippen molar-refractivity contribution in [2.24, 2.45) is 10.9 Å². The number of aliphatic hydroxyl groups excluding tert-OH is 1. The highest BCUT2D eigenvalue weighted by atomic mass is 35.5. The summed E-state index contributed by atoms with van der Waals surface area (Å²) in [5.74, 6) is 0.423. The smallest absolute Gasteiger partial charge is 0.144 e. The van der Waals surface area contributed by atoms with Crippen molar-refractivity contribution < 1.29 is 9.94 Å². The summed E-state index contributed by atoms with van der Waals surface area (Å²) in [7, 11) is 0. The summed E-state index contributed by atoms with van der Waals surface area (Å²) in [6.07, 6.45) is 3.77. The average Bonchev–Trinajstić information content (AvgIpc) is 2.49. The summed E-state index contributed by atoms with van der Waals surface area (Å²) >= 11 is 0. The number of likely N-dealkylation sites (tertiary alicyclic amines) is 1. The molecule has 1 aromatic carbocycles. The van der Waals surface area contributed by atoms with Crippen molar-refractivity contribution >= 4 is 30.6 Å². The molecule has 0 aliphatic carbocycles. The van der Waals surface area contributed by atoms with Crippen molar-refractivity contribution in [1.29, 1.82) is 0 Å². The minimum atomic E-state index is -0.517. The third kappa shape index (κ3) is 9.01. The Labute approximate surface area is 150 Å². The maximum absolute atomic E-state index is 9.93. The van der Waals surface area contributed by atoms with Crippen LogP contribution in [-0.4, -0.2) is 48.2 Å². The molecule has 0 radical (unpaired) electrons. The summed E-state index contributed by atoms with van der Waals surface area (Å²) in [6.45, 7) is 2.97. The molecule has 0 spiro atoms. The average molecular weight is 364 g/mol. The molecule has 1 unspecified atom stereocenters. The summed E-state index contributed by atoms with van der Waals surface area (Å²) in [5, 5.41) is 13.8. The van der Waals surface area contributed by atoms with Crippen LogP contribution >= 0.6 is 24.8 Å². The number of nitrogens with zero attached hydrogens (tertiary/aromatic N) is 2. The molecule has 1 heterocycles. The Balaban J connectivity index is 0.00000242. The lowest BCUT2D eigenvalue weighted by Crippen LogP contribution is -2.38. The van der Waals surface area contributed by atoms with Crippen LogP contribution < -0.4 is 5.73 Å². The van der Waals surface area contributed by atoms with Crippen molar-refractivity contribution in [1.82, 2.24) is 4.90 Å². The number of piperidine rings is 1. The van der Waals surface area contributed by atoms with E-state index in [1.807, 2.05) is 30.3 Å². The Kier molecular flexibility index (Phi) is 11.9. The molecule has 3 N–H and O–H groups in total. The zero-order valence-electron chi connectivity index (χ0n) is 13.3. The van der Waals surface area contributed by atoms with Crippen LogP contribution in [0.3, 0.4) is 0 Å². The number of amidine groups is 1. The van der Waals surface area contributed by atoms with Gasteiger partial charge < -0.3 is 20.6 Å². The van der Waals surface area contributed by atoms with Gasteiger partial charge in [0.2, 0.25) is 0 Å². The maximum atomic E-state index is 9.93. The van der Waals surface area contributed by atoms with Crippen molar-refractivity contribution in [3.05, 3.63) is 35.9 Å². The van der Waals surface area contributed by atoms with Gasteiger partial charge in [-0.15, -0.1) is 24.8 Å². The Morgan fingerprint density at radius 3 is 2.48 bits per heavy atom. The second-order valence-electron chi connectivity index (χ2n) is 5.56. The van der Waals surface area contributed by atoms with Crippen LogP contribution in [0.25, 0.3) is 0 Å². The first-order valence-corrected chi connectivity index (χ1v) is 7.62. The molecule has 2 rings (SSSR count). The van der Waals surface area contributed by atoms with E-state index in [4.69, 9.17) is 10.6 Å². The molecule has 0 aromatic heterocycles. The van der Waals surface area contributed by atoms with E-state index in [2.05, 4.69) is 10.1 Å². The van der Waals surface area contributed by atoms with Crippen molar-refractivity contribution in [2.75, 3.05) is 26.2 Å². The molecular formula is C16H27Cl2N3O2. The van der Waals surface area contributed by atoms with E-state index in [0.717, 1.165) is 18.7 Å². The predicted octanol–water partition coefficient (Wildman–Crippen LogP) is 2.21. The van der Waals surface area contributed by atoms with Gasteiger partial charge in [-0.2, -0.15) is 0 Å². The molecule has 1 atom stereocenters. The molecular weight excluding hydrogens is 337 g/mol. The standard InChI is InChI=1S/C16H25N3O2.2ClH/c17-16(11-14-7-3-1-4-8-14)18-21-13-15(20)12-19-9-5-2-6-10-19;;/h1,3-4,7-8,15,20H,2,5-6,9-13H2,(H2,17,18);2*1H. The Morgan fingerprint density at radius 1 is 1.17 bits per heavy atom. The molecule has 1 aliphatic rings. The van der Waals surface area contributed by atoms with Crippen LogP contribution in [0.5, 0.6) is 0 Å². The number of aliphatic hydroxyl groups is 1. The second kappa shape index (κ2) is 12.4. The topological polar surface area (TPSA) is 71.1 Å². The maximum Gasteiger partial charge on any atom is 0.144 e. The number of rotatable bonds is 7. The number of hydrogen-bond acceptors (Lipinski definition) is 4. The van der Waals surface area contributed by atoms with E-state index in [9.17, 15) is 5.11 Å². The van der Waals surface area contributed by atoms with Gasteiger partial charge in [0.05, 0.1) is 0 Å². The zero-order chi connectivity index (χ0) is 14.9. The zero-order valence-corrected chi connectivity index (χ0v) is 14.9. The van der Waals surface area contributed by atoms with Gasteiger partial charge in [0.1, 0.15) is 18.5 Å². The van der Waals surface area contributed by atoms with Crippen molar-refractivity contribution in [3.8, 4) is 0 Å². The van der Waals surface area contributed by atoms with Crippen LogP contribution in [-0.2, 0) is 11.3 Å². The number of nitrogens with two attached hydrogens (primary N) is 1. The fourth-order valence-electron chi connectivity index (χ4n) is 2.54. The highest BCUT2D eigenvalue weighted by Crippen LogP contribution is 2.09. The fraction of sp³-hybridized carbons (Fsp3) is 0.562. The minimum absolute atomic E-state index is 0. The number of benzene rings is 1. The Hall–Kier alpha value is -1.01. The summed E-state index contributed by atoms with van der Waals surface area (Å²) in [5.41, 5.74) is 6.90. The van der Waals surface area contributed by atoms with Gasteiger partial charge in [-0.3, -0.25) is 0 Å². The third-order valence-electron chi connectivity index (χ3n) is 3.59. The van der Waals surface area contributed by atoms with Gasteiger partial charge in [0, 0.05) is 13.0 Å². The summed E-state index contributed by atoms with van der Waals surface area (Å²) < 4.78 is 0. The number of hydrogen-bond donors (Lipinski definition) is 2. The Bertz CT molecular complexity index is 440. The van der Waals surface area contributed by atoms with Gasteiger partial charge >= 0.3 is 0 Å². The minimum Gasteiger partial charge on any atom is -0.392 e. The normalized spacial score (nSPS) is 16.8. The molecule has 1 aromatic rings. The van der Waals surface area contributed by atoms with Crippen LogP contribution in [0.1, 0.15) is 24.8 Å². The second-order valence-corrected chi connectivity index (χ2v) is 5.56. The molecule has 1 saturated heterocycles. The first-order chi connectivity index (χ1) is 10.2. The number of β-amino-alcohol motifs (C(OH)–C–C–N with tert-alkyl or cyclic N) is 1. The van der Waals surface area contributed by atoms with Gasteiger partial charge in [-0.05, 0) is 31.5 Å². The number of halogens is 2. The van der Waals surface area contributed by atoms with Crippen LogP contribution in [0.4, 0.5) is 0 Å². The van der Waals surface area contributed by atoms with Crippen molar-refractivity contribution in [2.45, 2.75) is 31.8 Å². The summed E-state index contributed by atoms with van der Waals surface area (Å²) in [6, 6.07) is 9.88. The molecule has 1 fully saturated rings. The van der Waals surface area contributed by atoms with E-state index < -0.39 is 6.10 Å². The van der Waals surface area contributed by atoms with E-state index in [-0.39, 0.29) is 31.4 Å². The van der Waals surface area contributed by atoms with Gasteiger partial charge in [-0.1, -0.05) is 41.9 Å². The van der Waals surface area contributed by atoms with Crippen LogP contribution in [0.2, 0.25) is 0 Å². The predicted molar refractivity (Wildman–Crippen MR) is 98.5 cm³/mol. The number of oxime groups is 1. The van der Waals surface area contributed by atoms with Crippen LogP contribution in [0.15, 0.2) is 35.5 Å². The SMILES string of the molecule is Cl.Cl.N/C(Cc1ccccc1)=N\OCC(O)CN1CCCCC1. The van der Waals surface area contributed by atoms with Crippen LogP contribution in [0, 0.1) is 0 Å². The molecule has 23 heavy (non-hydrogen) atoms. The van der Waals surface area contributed by atoms with E-state index in [0.29, 0.717) is 18.8 Å².